The molecule has 0 unspecified atom stereocenters. The standard InChI is InChI=1S/C10H13.C6H5N2O3.CH3.U.W.Y/c1-2-3-7-10-8-5-4-6-9-10;9-3-6(1-2-6)4(10)8-5(11)7-3;;;;/h5-6,8-9H,2-3,7H2,1H3;1H,2H2,(H2,7,8,9,10,11);1H3;;;/q3*-1;;;. The molecular formula is C17H21N2O3UWY-3. The summed E-state index contributed by atoms with van der Waals surface area (Å²) in [6, 6.07) is 10.5. The topological polar surface area (TPSA) is 75.3 Å². The van der Waals surface area contributed by atoms with Crippen molar-refractivity contribution < 1.29 is 99.3 Å². The summed E-state index contributed by atoms with van der Waals surface area (Å²) in [6.45, 7) is 2.22. The first-order valence-electron chi connectivity index (χ1n) is 7.04. The molecule has 25 heavy (non-hydrogen) atoms. The number of benzene rings is 1. The van der Waals surface area contributed by atoms with Crippen molar-refractivity contribution in [3.63, 3.8) is 0 Å². The van der Waals surface area contributed by atoms with Crippen molar-refractivity contribution in [2.45, 2.75) is 32.6 Å². The number of imide groups is 2. The van der Waals surface area contributed by atoms with Crippen molar-refractivity contribution in [1.29, 1.82) is 0 Å². The molecule has 5 nitrogen and oxygen atoms in total. The molecule has 8 heteroatoms. The van der Waals surface area contributed by atoms with E-state index in [2.05, 4.69) is 25.1 Å². The van der Waals surface area contributed by atoms with Crippen LogP contribution in [0.25, 0.3) is 0 Å². The van der Waals surface area contributed by atoms with Gasteiger partial charge < -0.3 is 13.8 Å². The van der Waals surface area contributed by atoms with Gasteiger partial charge in [-0.1, -0.05) is 26.2 Å². The molecule has 2 N–H and O–H groups in total. The maximum Gasteiger partial charge on any atom is 0.327 e. The Labute approximate surface area is 213 Å². The Bertz CT molecular complexity index is 532. The maximum atomic E-state index is 11.0. The fraction of sp³-hybridized carbons (Fsp3) is 0.353. The van der Waals surface area contributed by atoms with Crippen LogP contribution in [-0.2, 0) is 69.8 Å². The van der Waals surface area contributed by atoms with Crippen LogP contribution < -0.4 is 10.6 Å². The van der Waals surface area contributed by atoms with Gasteiger partial charge in [-0.3, -0.25) is 20.2 Å². The smallest absolute Gasteiger partial charge is 0.327 e. The second kappa shape index (κ2) is 14.7. The molecule has 133 valence electrons. The molecule has 1 aromatic carbocycles. The van der Waals surface area contributed by atoms with Crippen LogP contribution >= 0.6 is 0 Å². The van der Waals surface area contributed by atoms with Gasteiger partial charge in [0.25, 0.3) is 0 Å². The molecule has 2 aliphatic rings. The number of nitrogens with one attached hydrogen (secondary N) is 2. The van der Waals surface area contributed by atoms with E-state index in [0.717, 1.165) is 0 Å². The van der Waals surface area contributed by atoms with E-state index in [1.54, 1.807) is 6.42 Å². The van der Waals surface area contributed by atoms with E-state index in [1.165, 1.54) is 24.8 Å². The normalized spacial score (nSPS) is 15.5. The third-order valence-electron chi connectivity index (χ3n) is 3.48. The Balaban J connectivity index is -0.000000335. The zero-order valence-corrected chi connectivity index (χ0v) is 24.4. The monoisotopic (exact) mass is 812 g/mol. The molecule has 3 rings (SSSR count). The minimum Gasteiger partial charge on any atom is -0.358 e. The number of carbonyl (C=O) groups is 3. The number of hydrogen-bond acceptors (Lipinski definition) is 3. The summed E-state index contributed by atoms with van der Waals surface area (Å²) in [5.41, 5.74) is 0.411. The van der Waals surface area contributed by atoms with Crippen molar-refractivity contribution in [3.05, 3.63) is 49.7 Å². The number of barbiturate groups is 1. The fourth-order valence-electron chi connectivity index (χ4n) is 2.01. The van der Waals surface area contributed by atoms with Gasteiger partial charge in [-0.05, 0) is 5.41 Å². The Morgan fingerprint density at radius 2 is 1.64 bits per heavy atom. The van der Waals surface area contributed by atoms with Gasteiger partial charge in [0.15, 0.2) is 0 Å². The van der Waals surface area contributed by atoms with Crippen molar-refractivity contribution in [3.8, 4) is 0 Å². The second-order valence-electron chi connectivity index (χ2n) is 5.13. The molecule has 1 radical (unpaired) electrons. The first-order valence-corrected chi connectivity index (χ1v) is 7.04. The predicted octanol–water partition coefficient (Wildman–Crippen LogP) is 2.22. The van der Waals surface area contributed by atoms with Gasteiger partial charge in [-0.15, -0.1) is 0 Å². The van der Waals surface area contributed by atoms with E-state index in [9.17, 15) is 14.4 Å². The van der Waals surface area contributed by atoms with E-state index in [1.807, 2.05) is 22.8 Å². The van der Waals surface area contributed by atoms with E-state index in [-0.39, 0.29) is 92.3 Å². The van der Waals surface area contributed by atoms with Crippen molar-refractivity contribution in [2.24, 2.45) is 5.41 Å². The molecular weight excluding hydrogens is 791 g/mol. The van der Waals surface area contributed by atoms with Crippen molar-refractivity contribution in [2.75, 3.05) is 0 Å². The first-order chi connectivity index (χ1) is 10.1. The first kappa shape index (κ1) is 30.4. The van der Waals surface area contributed by atoms with Crippen LogP contribution in [0.2, 0.25) is 0 Å². The number of hydrogen-bond donors (Lipinski definition) is 2. The van der Waals surface area contributed by atoms with Crippen LogP contribution in [0.4, 0.5) is 4.79 Å². The SMILES string of the molecule is CCCCc1cc[c-]cc1.O=C1NC(=O)C2([CH-]C2)C(=O)N1.[CH3-].[U].[W].[Y]. The molecule has 1 spiro atoms. The number of unbranched alkanes of at least 4 members (excludes halogenated alkanes) is 1. The van der Waals surface area contributed by atoms with E-state index in [0.29, 0.717) is 6.42 Å². The predicted molar refractivity (Wildman–Crippen MR) is 83.3 cm³/mol. The van der Waals surface area contributed by atoms with E-state index < -0.39 is 23.3 Å². The fourth-order valence-corrected chi connectivity index (χ4v) is 2.01. The number of rotatable bonds is 3. The zero-order valence-electron chi connectivity index (χ0n) is 14.4. The molecule has 1 aliphatic heterocycles. The quantitative estimate of drug-likeness (QED) is 0.364. The minimum absolute atomic E-state index is 0. The molecule has 2 fully saturated rings. The molecule has 1 aromatic rings. The van der Waals surface area contributed by atoms with Crippen molar-refractivity contribution >= 4 is 17.8 Å². The van der Waals surface area contributed by atoms with Gasteiger partial charge >= 0.3 is 6.03 Å². The van der Waals surface area contributed by atoms with Crippen LogP contribution in [0.5, 0.6) is 0 Å². The molecule has 1 saturated carbocycles. The minimum atomic E-state index is -1.02. The number of amides is 4. The molecule has 1 saturated heterocycles. The summed E-state index contributed by atoms with van der Waals surface area (Å²) in [6.07, 6.45) is 5.79. The van der Waals surface area contributed by atoms with Gasteiger partial charge in [0, 0.05) is 84.9 Å². The molecule has 0 bridgehead atoms. The Hall–Kier alpha value is 0.674. The third-order valence-corrected chi connectivity index (χ3v) is 3.48. The number of urea groups is 1. The summed E-state index contributed by atoms with van der Waals surface area (Å²) in [4.78, 5) is 32.5. The van der Waals surface area contributed by atoms with Crippen LogP contribution in [0.15, 0.2) is 24.3 Å². The van der Waals surface area contributed by atoms with Crippen molar-refractivity contribution in [1.82, 2.24) is 10.6 Å². The largest absolute Gasteiger partial charge is 0.358 e. The van der Waals surface area contributed by atoms with Gasteiger partial charge in [0.2, 0.25) is 11.8 Å². The Morgan fingerprint density at radius 3 is 2.04 bits per heavy atom. The molecule has 0 aromatic heterocycles. The van der Waals surface area contributed by atoms with Gasteiger partial charge in [0.1, 0.15) is 0 Å². The summed E-state index contributed by atoms with van der Waals surface area (Å²) < 4.78 is 0. The number of carbonyl (C=O) groups excluding carboxylic acids is 3. The summed E-state index contributed by atoms with van der Waals surface area (Å²) >= 11 is 0. The van der Waals surface area contributed by atoms with Gasteiger partial charge in [-0.25, -0.2) is 4.79 Å². The molecule has 1 aliphatic carbocycles. The van der Waals surface area contributed by atoms with Gasteiger partial charge in [0.05, 0.1) is 0 Å². The summed E-state index contributed by atoms with van der Waals surface area (Å²) in [7, 11) is 0. The zero-order chi connectivity index (χ0) is 15.3. The van der Waals surface area contributed by atoms with E-state index >= 15 is 0 Å². The van der Waals surface area contributed by atoms with Crippen LogP contribution in [0, 0.1) is 56.4 Å². The van der Waals surface area contributed by atoms with E-state index in [4.69, 9.17) is 0 Å². The Morgan fingerprint density at radius 1 is 1.16 bits per heavy atom. The maximum absolute atomic E-state index is 11.0. The van der Waals surface area contributed by atoms with Crippen LogP contribution in [0.3, 0.4) is 0 Å². The van der Waals surface area contributed by atoms with Gasteiger partial charge in [-0.2, -0.15) is 42.3 Å². The molecule has 4 amide bonds. The average Bonchev–Trinajstić information content (AvgIpc) is 3.27. The molecule has 1 heterocycles. The summed E-state index contributed by atoms with van der Waals surface area (Å²) in [5.74, 6) is -1.02. The molecule has 0 atom stereocenters. The second-order valence-corrected chi connectivity index (χ2v) is 5.13. The number of aryl methyl sites for hydroxylation is 1. The Kier molecular flexibility index (Phi) is 17.9. The average molecular weight is 812 g/mol. The van der Waals surface area contributed by atoms with Crippen LogP contribution in [-0.4, -0.2) is 17.8 Å². The van der Waals surface area contributed by atoms with Crippen LogP contribution in [0.1, 0.15) is 31.7 Å². The summed E-state index contributed by atoms with van der Waals surface area (Å²) in [5, 5.41) is 4.04. The third kappa shape index (κ3) is 8.94.